The number of benzene rings is 1. The van der Waals surface area contributed by atoms with E-state index in [0.29, 0.717) is 31.6 Å². The number of fused-ring (bicyclic) bond motifs is 2. The molecule has 0 saturated carbocycles. The van der Waals surface area contributed by atoms with Gasteiger partial charge in [0.15, 0.2) is 0 Å². The molecular weight excluding hydrogens is 368 g/mol. The molecule has 7 heteroatoms. The van der Waals surface area contributed by atoms with Crippen molar-refractivity contribution >= 4 is 18.0 Å². The van der Waals surface area contributed by atoms with Gasteiger partial charge in [-0.1, -0.05) is 24.3 Å². The lowest BCUT2D eigenvalue weighted by Crippen LogP contribution is -2.54. The van der Waals surface area contributed by atoms with Crippen LogP contribution >= 0.6 is 0 Å². The first-order chi connectivity index (χ1) is 13.7. The van der Waals surface area contributed by atoms with Gasteiger partial charge >= 0.3 is 6.09 Å². The molecule has 2 amide bonds. The third-order valence-electron chi connectivity index (χ3n) is 5.45. The van der Waals surface area contributed by atoms with Crippen LogP contribution in [0, 0.1) is 6.92 Å². The fourth-order valence-electron chi connectivity index (χ4n) is 4.00. The summed E-state index contributed by atoms with van der Waals surface area (Å²) >= 11 is 0. The monoisotopic (exact) mass is 396 g/mol. The van der Waals surface area contributed by atoms with Crippen molar-refractivity contribution in [2.75, 3.05) is 26.2 Å². The van der Waals surface area contributed by atoms with Crippen molar-refractivity contribution in [1.82, 2.24) is 14.7 Å². The summed E-state index contributed by atoms with van der Waals surface area (Å²) in [7, 11) is 0. The standard InChI is InChI=1S/C22H28N4O3/c1-15-7-5-6-8-16(15)13-26-19(27)17-14-24(21(28)29-22(2,3)4)11-9-18(17)25-12-10-23-20(25)26/h5-8H,9-14H2,1-4H3. The summed E-state index contributed by atoms with van der Waals surface area (Å²) in [6.07, 6.45) is 0.264. The van der Waals surface area contributed by atoms with Crippen LogP contribution in [0.2, 0.25) is 0 Å². The first-order valence-corrected chi connectivity index (χ1v) is 10.1. The lowest BCUT2D eigenvalue weighted by molar-refractivity contribution is -0.125. The summed E-state index contributed by atoms with van der Waals surface area (Å²) in [5.41, 5.74) is 3.36. The van der Waals surface area contributed by atoms with E-state index in [1.807, 2.05) is 52.0 Å². The predicted octanol–water partition coefficient (Wildman–Crippen LogP) is 2.90. The van der Waals surface area contributed by atoms with Crippen LogP contribution < -0.4 is 0 Å². The molecule has 0 spiro atoms. The van der Waals surface area contributed by atoms with E-state index >= 15 is 0 Å². The van der Waals surface area contributed by atoms with Gasteiger partial charge in [0, 0.05) is 25.2 Å². The smallest absolute Gasteiger partial charge is 0.410 e. The Hall–Kier alpha value is -2.83. The van der Waals surface area contributed by atoms with Crippen LogP contribution in [0.5, 0.6) is 0 Å². The summed E-state index contributed by atoms with van der Waals surface area (Å²) in [4.78, 5) is 36.2. The number of aryl methyl sites for hydroxylation is 1. The maximum atomic E-state index is 13.5. The van der Waals surface area contributed by atoms with Crippen LogP contribution in [0.15, 0.2) is 40.5 Å². The van der Waals surface area contributed by atoms with E-state index in [1.54, 1.807) is 9.80 Å². The normalized spacial score (nSPS) is 19.2. The molecule has 0 atom stereocenters. The lowest BCUT2D eigenvalue weighted by Gasteiger charge is -2.42. The number of carbonyl (C=O) groups excluding carboxylic acids is 2. The highest BCUT2D eigenvalue weighted by Gasteiger charge is 2.42. The Balaban J connectivity index is 1.61. The number of ether oxygens (including phenoxy) is 1. The maximum absolute atomic E-state index is 13.5. The summed E-state index contributed by atoms with van der Waals surface area (Å²) in [5.74, 6) is 0.677. The molecule has 3 heterocycles. The fraction of sp³-hybridized carbons (Fsp3) is 0.500. The molecule has 4 rings (SSSR count). The van der Waals surface area contributed by atoms with E-state index in [0.717, 1.165) is 29.3 Å². The number of aliphatic imine (C=N–C) groups is 1. The Kier molecular flexibility index (Phi) is 4.84. The van der Waals surface area contributed by atoms with Crippen molar-refractivity contribution in [3.63, 3.8) is 0 Å². The minimum absolute atomic E-state index is 0.0617. The topological polar surface area (TPSA) is 65.5 Å². The molecule has 0 radical (unpaired) electrons. The van der Waals surface area contributed by atoms with Crippen molar-refractivity contribution in [2.45, 2.75) is 46.3 Å². The van der Waals surface area contributed by atoms with Crippen LogP contribution in [0.1, 0.15) is 38.3 Å². The molecule has 1 aromatic carbocycles. The Labute approximate surface area is 171 Å². The van der Waals surface area contributed by atoms with E-state index < -0.39 is 5.60 Å². The second kappa shape index (κ2) is 7.21. The molecule has 3 aliphatic rings. The number of amides is 2. The van der Waals surface area contributed by atoms with Crippen molar-refractivity contribution in [2.24, 2.45) is 4.99 Å². The number of rotatable bonds is 2. The molecule has 3 aliphatic heterocycles. The zero-order chi connectivity index (χ0) is 20.8. The average molecular weight is 396 g/mol. The molecule has 29 heavy (non-hydrogen) atoms. The van der Waals surface area contributed by atoms with Gasteiger partial charge < -0.3 is 14.5 Å². The Morgan fingerprint density at radius 3 is 2.69 bits per heavy atom. The Morgan fingerprint density at radius 2 is 1.97 bits per heavy atom. The number of nitrogens with zero attached hydrogens (tertiary/aromatic N) is 4. The van der Waals surface area contributed by atoms with Gasteiger partial charge in [-0.05, 0) is 38.8 Å². The SMILES string of the molecule is Cc1ccccc1CN1C(=O)C2=C(CCN(C(=O)OC(C)(C)C)C2)N2CCN=C12. The second-order valence-electron chi connectivity index (χ2n) is 8.73. The highest BCUT2D eigenvalue weighted by Crippen LogP contribution is 2.32. The van der Waals surface area contributed by atoms with Gasteiger partial charge in [0.2, 0.25) is 5.96 Å². The molecule has 1 aromatic rings. The van der Waals surface area contributed by atoms with Gasteiger partial charge in [-0.15, -0.1) is 0 Å². The highest BCUT2D eigenvalue weighted by molar-refractivity contribution is 6.10. The first kappa shape index (κ1) is 19.5. The van der Waals surface area contributed by atoms with Crippen LogP contribution in [-0.2, 0) is 16.1 Å². The largest absolute Gasteiger partial charge is 0.444 e. The third kappa shape index (κ3) is 3.73. The van der Waals surface area contributed by atoms with Gasteiger partial charge in [0.05, 0.1) is 25.2 Å². The number of hydrogen-bond acceptors (Lipinski definition) is 5. The van der Waals surface area contributed by atoms with Crippen LogP contribution in [0.4, 0.5) is 4.79 Å². The molecule has 0 bridgehead atoms. The van der Waals surface area contributed by atoms with E-state index in [9.17, 15) is 9.59 Å². The molecule has 0 fully saturated rings. The maximum Gasteiger partial charge on any atom is 0.410 e. The number of carbonyl (C=O) groups is 2. The van der Waals surface area contributed by atoms with E-state index in [2.05, 4.69) is 9.89 Å². The zero-order valence-electron chi connectivity index (χ0n) is 17.6. The molecule has 0 aromatic heterocycles. The van der Waals surface area contributed by atoms with E-state index in [-0.39, 0.29) is 18.5 Å². The van der Waals surface area contributed by atoms with Crippen LogP contribution in [0.3, 0.4) is 0 Å². The van der Waals surface area contributed by atoms with Gasteiger partial charge in [-0.3, -0.25) is 14.7 Å². The van der Waals surface area contributed by atoms with Crippen molar-refractivity contribution in [1.29, 1.82) is 0 Å². The third-order valence-corrected chi connectivity index (χ3v) is 5.45. The predicted molar refractivity (Wildman–Crippen MR) is 110 cm³/mol. The van der Waals surface area contributed by atoms with E-state index in [4.69, 9.17) is 4.74 Å². The van der Waals surface area contributed by atoms with Gasteiger partial charge in [-0.2, -0.15) is 0 Å². The lowest BCUT2D eigenvalue weighted by atomic mass is 10.0. The van der Waals surface area contributed by atoms with Gasteiger partial charge in [-0.25, -0.2) is 4.79 Å². The molecule has 0 unspecified atom stereocenters. The van der Waals surface area contributed by atoms with Gasteiger partial charge in [0.1, 0.15) is 5.60 Å². The molecule has 0 saturated heterocycles. The second-order valence-corrected chi connectivity index (χ2v) is 8.73. The number of hydrogen-bond donors (Lipinski definition) is 0. The molecule has 0 N–H and O–H groups in total. The van der Waals surface area contributed by atoms with Gasteiger partial charge in [0.25, 0.3) is 5.91 Å². The summed E-state index contributed by atoms with van der Waals surface area (Å²) < 4.78 is 5.52. The highest BCUT2D eigenvalue weighted by atomic mass is 16.6. The quantitative estimate of drug-likeness (QED) is 0.771. The average Bonchev–Trinajstić information content (AvgIpc) is 3.14. The molecule has 154 valence electrons. The molecular formula is C22H28N4O3. The summed E-state index contributed by atoms with van der Waals surface area (Å²) in [6.45, 7) is 10.3. The van der Waals surface area contributed by atoms with Crippen molar-refractivity contribution in [3.8, 4) is 0 Å². The molecule has 0 aliphatic carbocycles. The minimum atomic E-state index is -0.562. The van der Waals surface area contributed by atoms with Crippen molar-refractivity contribution in [3.05, 3.63) is 46.7 Å². The number of guanidine groups is 1. The summed E-state index contributed by atoms with van der Waals surface area (Å²) in [5, 5.41) is 0. The first-order valence-electron chi connectivity index (χ1n) is 10.1. The van der Waals surface area contributed by atoms with Crippen molar-refractivity contribution < 1.29 is 14.3 Å². The minimum Gasteiger partial charge on any atom is -0.444 e. The fourth-order valence-corrected chi connectivity index (χ4v) is 4.00. The zero-order valence-corrected chi connectivity index (χ0v) is 17.6. The van der Waals surface area contributed by atoms with E-state index in [1.165, 1.54) is 0 Å². The van der Waals surface area contributed by atoms with Crippen LogP contribution in [0.25, 0.3) is 0 Å². The van der Waals surface area contributed by atoms with Crippen LogP contribution in [-0.4, -0.2) is 64.4 Å². The summed E-state index contributed by atoms with van der Waals surface area (Å²) in [6, 6.07) is 8.07. The molecule has 7 nitrogen and oxygen atoms in total. The Morgan fingerprint density at radius 1 is 1.21 bits per heavy atom. The Bertz CT molecular complexity index is 913.